The summed E-state index contributed by atoms with van der Waals surface area (Å²) in [5.74, 6) is -2.67. The Kier molecular flexibility index (Phi) is 6.88. The highest BCUT2D eigenvalue weighted by atomic mass is 16.4. The smallest absolute Gasteiger partial charge is 0.326 e. The molecular weight excluding hydrogens is 226 g/mol. The summed E-state index contributed by atoms with van der Waals surface area (Å²) in [6.45, 7) is 1.96. The van der Waals surface area contributed by atoms with Crippen LogP contribution in [0.1, 0.15) is 32.6 Å². The van der Waals surface area contributed by atoms with Crippen LogP contribution < -0.4 is 16.8 Å². The van der Waals surface area contributed by atoms with E-state index in [-0.39, 0.29) is 0 Å². The van der Waals surface area contributed by atoms with Crippen molar-refractivity contribution in [2.24, 2.45) is 11.5 Å². The summed E-state index contributed by atoms with van der Waals surface area (Å²) in [5.41, 5.74) is 10.4. The third-order valence-electron chi connectivity index (χ3n) is 2.23. The van der Waals surface area contributed by atoms with Crippen molar-refractivity contribution in [2.75, 3.05) is 0 Å². The molecule has 0 rings (SSSR count). The van der Waals surface area contributed by atoms with Gasteiger partial charge in [-0.2, -0.15) is 0 Å². The third-order valence-corrected chi connectivity index (χ3v) is 2.23. The van der Waals surface area contributed by atoms with Crippen molar-refractivity contribution in [2.45, 2.75) is 44.7 Å². The number of hydrogen-bond acceptors (Lipinski definition) is 4. The summed E-state index contributed by atoms with van der Waals surface area (Å²) >= 11 is 0. The SMILES string of the molecule is CCCC[C@H](N)C(=O)N[C@H](CC(N)=O)C(=O)O. The van der Waals surface area contributed by atoms with Gasteiger partial charge >= 0.3 is 5.97 Å². The quantitative estimate of drug-likeness (QED) is 0.432. The minimum atomic E-state index is -1.31. The number of nitrogens with two attached hydrogens (primary N) is 2. The number of carbonyl (C=O) groups is 3. The first-order valence-corrected chi connectivity index (χ1v) is 5.45. The number of rotatable bonds is 8. The predicted molar refractivity (Wildman–Crippen MR) is 60.9 cm³/mol. The maximum atomic E-state index is 11.5. The molecule has 7 nitrogen and oxygen atoms in total. The zero-order valence-corrected chi connectivity index (χ0v) is 9.81. The van der Waals surface area contributed by atoms with E-state index in [4.69, 9.17) is 16.6 Å². The Bertz CT molecular complexity index is 293. The van der Waals surface area contributed by atoms with E-state index in [9.17, 15) is 14.4 Å². The van der Waals surface area contributed by atoms with E-state index in [1.165, 1.54) is 0 Å². The Morgan fingerprint density at radius 3 is 2.35 bits per heavy atom. The lowest BCUT2D eigenvalue weighted by atomic mass is 10.1. The van der Waals surface area contributed by atoms with Gasteiger partial charge in [-0.05, 0) is 6.42 Å². The molecule has 0 radical (unpaired) electrons. The van der Waals surface area contributed by atoms with E-state index in [0.29, 0.717) is 6.42 Å². The van der Waals surface area contributed by atoms with Crippen LogP contribution in [-0.2, 0) is 14.4 Å². The van der Waals surface area contributed by atoms with Crippen molar-refractivity contribution >= 4 is 17.8 Å². The van der Waals surface area contributed by atoms with E-state index in [2.05, 4.69) is 5.32 Å². The van der Waals surface area contributed by atoms with Gasteiger partial charge < -0.3 is 21.9 Å². The monoisotopic (exact) mass is 245 g/mol. The number of aliphatic carboxylic acids is 1. The number of carbonyl (C=O) groups excluding carboxylic acids is 2. The summed E-state index contributed by atoms with van der Waals surface area (Å²) in [7, 11) is 0. The molecule has 0 aliphatic heterocycles. The topological polar surface area (TPSA) is 136 Å². The van der Waals surface area contributed by atoms with Crippen LogP contribution >= 0.6 is 0 Å². The highest BCUT2D eigenvalue weighted by Gasteiger charge is 2.24. The van der Waals surface area contributed by atoms with Crippen molar-refractivity contribution in [3.63, 3.8) is 0 Å². The molecule has 0 aromatic heterocycles. The first-order valence-electron chi connectivity index (χ1n) is 5.45. The van der Waals surface area contributed by atoms with E-state index in [1.54, 1.807) is 0 Å². The molecule has 17 heavy (non-hydrogen) atoms. The van der Waals surface area contributed by atoms with Gasteiger partial charge in [0, 0.05) is 0 Å². The Morgan fingerprint density at radius 2 is 1.94 bits per heavy atom. The molecule has 2 atom stereocenters. The molecule has 0 spiro atoms. The second-order valence-electron chi connectivity index (χ2n) is 3.82. The van der Waals surface area contributed by atoms with Gasteiger partial charge in [-0.25, -0.2) is 4.79 Å². The second kappa shape index (κ2) is 7.61. The van der Waals surface area contributed by atoms with Gasteiger partial charge in [-0.1, -0.05) is 19.8 Å². The molecule has 0 saturated heterocycles. The van der Waals surface area contributed by atoms with Crippen LogP contribution in [0.2, 0.25) is 0 Å². The standard InChI is InChI=1S/C10H19N3O4/c1-2-3-4-6(11)9(15)13-7(10(16)17)5-8(12)14/h6-7H,2-5,11H2,1H3,(H2,12,14)(H,13,15)(H,16,17)/t6-,7+/m0/s1. The van der Waals surface area contributed by atoms with Gasteiger partial charge in [0.2, 0.25) is 11.8 Å². The predicted octanol–water partition coefficient (Wildman–Crippen LogP) is -1.05. The highest BCUT2D eigenvalue weighted by molar-refractivity contribution is 5.89. The fourth-order valence-corrected chi connectivity index (χ4v) is 1.24. The second-order valence-corrected chi connectivity index (χ2v) is 3.82. The zero-order valence-electron chi connectivity index (χ0n) is 9.81. The maximum absolute atomic E-state index is 11.5. The number of carboxylic acid groups (broad SMARTS) is 1. The number of hydrogen-bond donors (Lipinski definition) is 4. The zero-order chi connectivity index (χ0) is 13.4. The molecule has 0 unspecified atom stereocenters. The summed E-state index contributed by atoms with van der Waals surface area (Å²) < 4.78 is 0. The van der Waals surface area contributed by atoms with Gasteiger partial charge in [0.25, 0.3) is 0 Å². The average molecular weight is 245 g/mol. The van der Waals surface area contributed by atoms with E-state index in [0.717, 1.165) is 12.8 Å². The molecule has 0 bridgehead atoms. The van der Waals surface area contributed by atoms with Gasteiger partial charge in [0.1, 0.15) is 6.04 Å². The fourth-order valence-electron chi connectivity index (χ4n) is 1.24. The fraction of sp³-hybridized carbons (Fsp3) is 0.700. The lowest BCUT2D eigenvalue weighted by Crippen LogP contribution is -2.49. The molecule has 6 N–H and O–H groups in total. The highest BCUT2D eigenvalue weighted by Crippen LogP contribution is 2.00. The lowest BCUT2D eigenvalue weighted by Gasteiger charge is -2.16. The van der Waals surface area contributed by atoms with E-state index in [1.807, 2.05) is 6.92 Å². The van der Waals surface area contributed by atoms with Crippen molar-refractivity contribution in [1.29, 1.82) is 0 Å². The maximum Gasteiger partial charge on any atom is 0.326 e. The minimum absolute atomic E-state index is 0.443. The molecule has 0 aromatic rings. The van der Waals surface area contributed by atoms with Crippen LogP contribution in [-0.4, -0.2) is 35.0 Å². The van der Waals surface area contributed by atoms with Crippen molar-refractivity contribution in [3.8, 4) is 0 Å². The van der Waals surface area contributed by atoms with Crippen molar-refractivity contribution < 1.29 is 19.5 Å². The van der Waals surface area contributed by atoms with Gasteiger partial charge in [-0.15, -0.1) is 0 Å². The molecule has 0 heterocycles. The van der Waals surface area contributed by atoms with E-state index < -0.39 is 36.3 Å². The summed E-state index contributed by atoms with van der Waals surface area (Å²) in [6, 6.07) is -2.07. The summed E-state index contributed by atoms with van der Waals surface area (Å²) in [6.07, 6.45) is 1.71. The Hall–Kier alpha value is -1.63. The first-order chi connectivity index (χ1) is 7.88. The molecule has 98 valence electrons. The van der Waals surface area contributed by atoms with Crippen LogP contribution in [0.5, 0.6) is 0 Å². The van der Waals surface area contributed by atoms with Crippen LogP contribution in [0.3, 0.4) is 0 Å². The third kappa shape index (κ3) is 6.52. The van der Waals surface area contributed by atoms with Gasteiger partial charge in [0.05, 0.1) is 12.5 Å². The van der Waals surface area contributed by atoms with Crippen molar-refractivity contribution in [3.05, 3.63) is 0 Å². The average Bonchev–Trinajstić information content (AvgIpc) is 2.23. The number of primary amides is 1. The van der Waals surface area contributed by atoms with Crippen LogP contribution in [0.4, 0.5) is 0 Å². The number of carboxylic acids is 1. The molecule has 2 amide bonds. The van der Waals surface area contributed by atoms with Gasteiger partial charge in [-0.3, -0.25) is 9.59 Å². The lowest BCUT2D eigenvalue weighted by molar-refractivity contribution is -0.143. The number of amides is 2. The van der Waals surface area contributed by atoms with Crippen LogP contribution in [0.25, 0.3) is 0 Å². The van der Waals surface area contributed by atoms with Gasteiger partial charge in [0.15, 0.2) is 0 Å². The number of nitrogens with one attached hydrogen (secondary N) is 1. The van der Waals surface area contributed by atoms with Crippen LogP contribution in [0, 0.1) is 0 Å². The Labute approximate surface area is 99.5 Å². The Balaban J connectivity index is 4.29. The molecule has 0 aliphatic rings. The molecule has 0 saturated carbocycles. The largest absolute Gasteiger partial charge is 0.480 e. The summed E-state index contributed by atoms with van der Waals surface area (Å²) in [5, 5.41) is 11.0. The Morgan fingerprint density at radius 1 is 1.35 bits per heavy atom. The molecule has 0 fully saturated rings. The number of unbranched alkanes of at least 4 members (excludes halogenated alkanes) is 1. The van der Waals surface area contributed by atoms with Crippen LogP contribution in [0.15, 0.2) is 0 Å². The molecule has 0 aliphatic carbocycles. The van der Waals surface area contributed by atoms with E-state index >= 15 is 0 Å². The van der Waals surface area contributed by atoms with Crippen molar-refractivity contribution in [1.82, 2.24) is 5.32 Å². The molecule has 0 aromatic carbocycles. The first kappa shape index (κ1) is 15.4. The summed E-state index contributed by atoms with van der Waals surface area (Å²) in [4.78, 5) is 32.9. The molecule has 7 heteroatoms. The molecular formula is C10H19N3O4. The minimum Gasteiger partial charge on any atom is -0.480 e. The normalized spacial score (nSPS) is 13.8.